The van der Waals surface area contributed by atoms with E-state index < -0.39 is 5.91 Å². The molecule has 1 aliphatic heterocycles. The van der Waals surface area contributed by atoms with Crippen LogP contribution in [0, 0.1) is 0 Å². The third kappa shape index (κ3) is 2.76. The van der Waals surface area contributed by atoms with Gasteiger partial charge < -0.3 is 9.64 Å². The van der Waals surface area contributed by atoms with Gasteiger partial charge in [0.2, 0.25) is 0 Å². The van der Waals surface area contributed by atoms with Crippen LogP contribution in [0.3, 0.4) is 0 Å². The molecule has 0 radical (unpaired) electrons. The van der Waals surface area contributed by atoms with Crippen LogP contribution < -0.4 is 15.1 Å². The summed E-state index contributed by atoms with van der Waals surface area (Å²) >= 11 is 0. The van der Waals surface area contributed by atoms with E-state index in [4.69, 9.17) is 9.94 Å². The maximum Gasteiger partial charge on any atom is 0.274 e. The number of hydrogen-bond donors (Lipinski definition) is 2. The maximum absolute atomic E-state index is 12.4. The lowest BCUT2D eigenvalue weighted by atomic mass is 10.1. The van der Waals surface area contributed by atoms with Crippen LogP contribution >= 0.6 is 0 Å². The minimum atomic E-state index is -0.650. The molecule has 2 heterocycles. The number of amides is 2. The van der Waals surface area contributed by atoms with Gasteiger partial charge in [0.15, 0.2) is 6.61 Å². The van der Waals surface area contributed by atoms with Crippen molar-refractivity contribution in [3.63, 3.8) is 0 Å². The summed E-state index contributed by atoms with van der Waals surface area (Å²) in [5.74, 6) is -0.338. The fourth-order valence-corrected chi connectivity index (χ4v) is 3.06. The van der Waals surface area contributed by atoms with Gasteiger partial charge in [0, 0.05) is 24.2 Å². The molecule has 3 aromatic rings. The van der Waals surface area contributed by atoms with Gasteiger partial charge in [-0.2, -0.15) is 5.10 Å². The molecular formula is C18H16N4O4. The number of carbonyl (C=O) groups is 2. The van der Waals surface area contributed by atoms with Gasteiger partial charge in [-0.25, -0.2) is 5.48 Å². The lowest BCUT2D eigenvalue weighted by molar-refractivity contribution is -0.121. The molecule has 2 amide bonds. The number of hydroxylamine groups is 1. The Balaban J connectivity index is 1.71. The minimum Gasteiger partial charge on any atom is -0.482 e. The average Bonchev–Trinajstić information content (AvgIpc) is 3.02. The Kier molecular flexibility index (Phi) is 3.81. The molecule has 4 rings (SSSR count). The highest BCUT2D eigenvalue weighted by molar-refractivity contribution is 6.01. The monoisotopic (exact) mass is 352 g/mol. The van der Waals surface area contributed by atoms with Crippen LogP contribution in [0.1, 0.15) is 15.9 Å². The molecule has 1 aromatic heterocycles. The van der Waals surface area contributed by atoms with Crippen LogP contribution in [0.4, 0.5) is 5.69 Å². The van der Waals surface area contributed by atoms with Crippen molar-refractivity contribution in [3.05, 3.63) is 53.7 Å². The Hall–Kier alpha value is -3.39. The smallest absolute Gasteiger partial charge is 0.274 e. The number of aryl methyl sites for hydroxylation is 1. The summed E-state index contributed by atoms with van der Waals surface area (Å²) in [7, 11) is 1.86. The van der Waals surface area contributed by atoms with Gasteiger partial charge in [0.1, 0.15) is 5.75 Å². The van der Waals surface area contributed by atoms with Crippen molar-refractivity contribution in [1.29, 1.82) is 0 Å². The van der Waals surface area contributed by atoms with Crippen LogP contribution in [0.25, 0.3) is 10.9 Å². The van der Waals surface area contributed by atoms with Gasteiger partial charge in [0.25, 0.3) is 11.8 Å². The van der Waals surface area contributed by atoms with Crippen molar-refractivity contribution in [2.45, 2.75) is 6.54 Å². The Morgan fingerprint density at radius 3 is 2.96 bits per heavy atom. The number of ether oxygens (including phenoxy) is 1. The fraction of sp³-hybridized carbons (Fsp3) is 0.167. The predicted molar refractivity (Wildman–Crippen MR) is 93.1 cm³/mol. The van der Waals surface area contributed by atoms with Gasteiger partial charge in [-0.15, -0.1) is 0 Å². The maximum atomic E-state index is 12.4. The van der Waals surface area contributed by atoms with E-state index in [1.165, 1.54) is 12.1 Å². The van der Waals surface area contributed by atoms with Crippen LogP contribution in [-0.2, 0) is 18.4 Å². The molecule has 0 bridgehead atoms. The molecule has 1 aliphatic rings. The summed E-state index contributed by atoms with van der Waals surface area (Å²) in [6, 6.07) is 10.5. The first-order valence-corrected chi connectivity index (χ1v) is 7.99. The highest BCUT2D eigenvalue weighted by Gasteiger charge is 2.26. The molecule has 26 heavy (non-hydrogen) atoms. The van der Waals surface area contributed by atoms with Crippen LogP contribution in [-0.4, -0.2) is 33.4 Å². The Morgan fingerprint density at radius 1 is 1.31 bits per heavy atom. The van der Waals surface area contributed by atoms with Crippen molar-refractivity contribution in [2.75, 3.05) is 11.5 Å². The molecule has 8 nitrogen and oxygen atoms in total. The zero-order valence-corrected chi connectivity index (χ0v) is 14.0. The van der Waals surface area contributed by atoms with Crippen molar-refractivity contribution in [1.82, 2.24) is 15.3 Å². The third-order valence-electron chi connectivity index (χ3n) is 4.29. The van der Waals surface area contributed by atoms with Crippen molar-refractivity contribution in [3.8, 4) is 5.75 Å². The quantitative estimate of drug-likeness (QED) is 0.551. The standard InChI is InChI=1S/C18H16N4O4/c1-21-9-13-6-11(2-4-14(13)19-21)8-22-15-7-12(18(24)20-25)3-5-16(15)26-10-17(22)23/h2-7,9,25H,8,10H2,1H3,(H,20,24). The van der Waals surface area contributed by atoms with Gasteiger partial charge in [-0.1, -0.05) is 6.07 Å². The van der Waals surface area contributed by atoms with Crippen LogP contribution in [0.15, 0.2) is 42.6 Å². The van der Waals surface area contributed by atoms with Crippen molar-refractivity contribution >= 4 is 28.4 Å². The van der Waals surface area contributed by atoms with Crippen LogP contribution in [0.2, 0.25) is 0 Å². The molecular weight excluding hydrogens is 336 g/mol. The largest absolute Gasteiger partial charge is 0.482 e. The topological polar surface area (TPSA) is 96.7 Å². The zero-order chi connectivity index (χ0) is 18.3. The number of carbonyl (C=O) groups excluding carboxylic acids is 2. The molecule has 0 saturated carbocycles. The highest BCUT2D eigenvalue weighted by atomic mass is 16.5. The second-order valence-corrected chi connectivity index (χ2v) is 6.09. The lowest BCUT2D eigenvalue weighted by Crippen LogP contribution is -2.38. The number of nitrogens with one attached hydrogen (secondary N) is 1. The summed E-state index contributed by atoms with van der Waals surface area (Å²) in [4.78, 5) is 25.7. The van der Waals surface area contributed by atoms with E-state index in [9.17, 15) is 9.59 Å². The number of anilines is 1. The zero-order valence-electron chi connectivity index (χ0n) is 14.0. The number of rotatable bonds is 3. The summed E-state index contributed by atoms with van der Waals surface area (Å²) in [5.41, 5.74) is 4.14. The molecule has 2 N–H and O–H groups in total. The average molecular weight is 352 g/mol. The second kappa shape index (κ2) is 6.16. The molecule has 0 unspecified atom stereocenters. The van der Waals surface area contributed by atoms with Crippen molar-refractivity contribution < 1.29 is 19.5 Å². The molecule has 0 fully saturated rings. The highest BCUT2D eigenvalue weighted by Crippen LogP contribution is 2.34. The Bertz CT molecular complexity index is 1030. The Labute approximate surface area is 148 Å². The predicted octanol–water partition coefficient (Wildman–Crippen LogP) is 1.62. The summed E-state index contributed by atoms with van der Waals surface area (Å²) < 4.78 is 7.19. The summed E-state index contributed by atoms with van der Waals surface area (Å²) in [6.45, 7) is 0.276. The SMILES string of the molecule is Cn1cc2cc(CN3C(=O)COc4ccc(C(=O)NO)cc43)ccc2n1. The van der Waals surface area contributed by atoms with E-state index in [2.05, 4.69) is 5.10 Å². The lowest BCUT2D eigenvalue weighted by Gasteiger charge is -2.29. The van der Waals surface area contributed by atoms with E-state index in [0.29, 0.717) is 18.0 Å². The number of nitrogens with zero attached hydrogens (tertiary/aromatic N) is 3. The normalized spacial score (nSPS) is 13.5. The van der Waals surface area contributed by atoms with E-state index in [0.717, 1.165) is 16.5 Å². The van der Waals surface area contributed by atoms with E-state index in [-0.39, 0.29) is 18.1 Å². The summed E-state index contributed by atoms with van der Waals surface area (Å²) in [5, 5.41) is 14.2. The fourth-order valence-electron chi connectivity index (χ4n) is 3.06. The third-order valence-corrected chi connectivity index (χ3v) is 4.29. The number of hydrogen-bond acceptors (Lipinski definition) is 5. The van der Waals surface area contributed by atoms with Gasteiger partial charge in [-0.05, 0) is 35.9 Å². The van der Waals surface area contributed by atoms with Gasteiger partial charge in [0.05, 0.1) is 17.7 Å². The van der Waals surface area contributed by atoms with Crippen LogP contribution in [0.5, 0.6) is 5.75 Å². The molecule has 0 saturated heterocycles. The second-order valence-electron chi connectivity index (χ2n) is 6.09. The van der Waals surface area contributed by atoms with E-state index in [1.54, 1.807) is 21.1 Å². The first-order chi connectivity index (χ1) is 12.5. The van der Waals surface area contributed by atoms with Gasteiger partial charge >= 0.3 is 0 Å². The number of benzene rings is 2. The molecule has 8 heteroatoms. The minimum absolute atomic E-state index is 0.0618. The number of fused-ring (bicyclic) bond motifs is 2. The molecule has 0 atom stereocenters. The number of aromatic nitrogens is 2. The Morgan fingerprint density at radius 2 is 2.15 bits per heavy atom. The molecule has 132 valence electrons. The first kappa shape index (κ1) is 16.1. The summed E-state index contributed by atoms with van der Waals surface area (Å²) in [6.07, 6.45) is 1.91. The first-order valence-electron chi connectivity index (χ1n) is 7.99. The van der Waals surface area contributed by atoms with E-state index >= 15 is 0 Å². The van der Waals surface area contributed by atoms with Crippen molar-refractivity contribution in [2.24, 2.45) is 7.05 Å². The molecule has 0 spiro atoms. The molecule has 2 aromatic carbocycles. The molecule has 0 aliphatic carbocycles. The van der Waals surface area contributed by atoms with Gasteiger partial charge in [-0.3, -0.25) is 19.5 Å². The van der Waals surface area contributed by atoms with E-state index in [1.807, 2.05) is 31.4 Å².